The molecule has 0 aromatic carbocycles. The standard InChI is InChI=1S/C16H29NO4/c1-12(2)17-16(15(18)19)7-3-4-14(16)6-9-21-11-13-5-8-20-10-13/h12-14,17H,3-11H2,1-2H3,(H,18,19). The molecule has 1 saturated carbocycles. The van der Waals surface area contributed by atoms with E-state index in [2.05, 4.69) is 5.32 Å². The molecule has 1 aliphatic heterocycles. The van der Waals surface area contributed by atoms with Gasteiger partial charge in [-0.3, -0.25) is 10.1 Å². The Balaban J connectivity index is 1.80. The Morgan fingerprint density at radius 3 is 2.90 bits per heavy atom. The average molecular weight is 299 g/mol. The molecule has 0 aromatic heterocycles. The van der Waals surface area contributed by atoms with E-state index in [4.69, 9.17) is 9.47 Å². The Kier molecular flexibility index (Phi) is 6.02. The van der Waals surface area contributed by atoms with E-state index in [0.717, 1.165) is 51.9 Å². The van der Waals surface area contributed by atoms with E-state index >= 15 is 0 Å². The van der Waals surface area contributed by atoms with Crippen LogP contribution >= 0.6 is 0 Å². The van der Waals surface area contributed by atoms with Crippen molar-refractivity contribution in [2.24, 2.45) is 11.8 Å². The molecule has 5 nitrogen and oxygen atoms in total. The molecule has 2 aliphatic rings. The van der Waals surface area contributed by atoms with Gasteiger partial charge >= 0.3 is 5.97 Å². The summed E-state index contributed by atoms with van der Waals surface area (Å²) in [6, 6.07) is 0.179. The third kappa shape index (κ3) is 4.18. The zero-order chi connectivity index (χ0) is 15.3. The maximum Gasteiger partial charge on any atom is 0.324 e. The molecule has 2 N–H and O–H groups in total. The van der Waals surface area contributed by atoms with Crippen LogP contribution in [-0.2, 0) is 14.3 Å². The van der Waals surface area contributed by atoms with Crippen LogP contribution in [0.4, 0.5) is 0 Å². The number of carbonyl (C=O) groups is 1. The van der Waals surface area contributed by atoms with Crippen LogP contribution in [0.2, 0.25) is 0 Å². The van der Waals surface area contributed by atoms with E-state index in [9.17, 15) is 9.90 Å². The minimum absolute atomic E-state index is 0.164. The third-order valence-corrected chi connectivity index (χ3v) is 4.74. The van der Waals surface area contributed by atoms with Gasteiger partial charge in [0.1, 0.15) is 5.54 Å². The first kappa shape index (κ1) is 16.7. The van der Waals surface area contributed by atoms with Crippen LogP contribution in [-0.4, -0.2) is 49.1 Å². The van der Waals surface area contributed by atoms with Gasteiger partial charge in [-0.05, 0) is 45.4 Å². The van der Waals surface area contributed by atoms with E-state index in [1.165, 1.54) is 0 Å². The first-order valence-corrected chi connectivity index (χ1v) is 8.21. The molecule has 21 heavy (non-hydrogen) atoms. The number of nitrogens with one attached hydrogen (secondary N) is 1. The lowest BCUT2D eigenvalue weighted by Gasteiger charge is -2.34. The number of aliphatic carboxylic acids is 1. The van der Waals surface area contributed by atoms with Gasteiger partial charge < -0.3 is 14.6 Å². The number of hydrogen-bond acceptors (Lipinski definition) is 4. The van der Waals surface area contributed by atoms with Crippen molar-refractivity contribution in [3.05, 3.63) is 0 Å². The molecule has 1 heterocycles. The quantitative estimate of drug-likeness (QED) is 0.671. The maximum atomic E-state index is 11.8. The van der Waals surface area contributed by atoms with Crippen LogP contribution in [0.15, 0.2) is 0 Å². The van der Waals surface area contributed by atoms with Gasteiger partial charge in [0.25, 0.3) is 0 Å². The molecule has 3 atom stereocenters. The molecule has 0 radical (unpaired) electrons. The van der Waals surface area contributed by atoms with Crippen LogP contribution in [0.1, 0.15) is 46.0 Å². The van der Waals surface area contributed by atoms with E-state index in [0.29, 0.717) is 12.5 Å². The summed E-state index contributed by atoms with van der Waals surface area (Å²) in [7, 11) is 0. The zero-order valence-electron chi connectivity index (χ0n) is 13.3. The van der Waals surface area contributed by atoms with Crippen LogP contribution in [0.3, 0.4) is 0 Å². The predicted octanol–water partition coefficient (Wildman–Crippen LogP) is 2.05. The van der Waals surface area contributed by atoms with Crippen molar-refractivity contribution in [1.29, 1.82) is 0 Å². The fraction of sp³-hybridized carbons (Fsp3) is 0.938. The van der Waals surface area contributed by atoms with Crippen LogP contribution in [0.25, 0.3) is 0 Å². The summed E-state index contributed by atoms with van der Waals surface area (Å²) in [6.45, 7) is 7.06. The molecule has 2 fully saturated rings. The van der Waals surface area contributed by atoms with Crippen molar-refractivity contribution in [3.63, 3.8) is 0 Å². The largest absolute Gasteiger partial charge is 0.480 e. The molecule has 2 rings (SSSR count). The highest BCUT2D eigenvalue weighted by molar-refractivity contribution is 5.79. The molecular formula is C16H29NO4. The summed E-state index contributed by atoms with van der Waals surface area (Å²) in [5.41, 5.74) is -0.756. The maximum absolute atomic E-state index is 11.8. The van der Waals surface area contributed by atoms with E-state index < -0.39 is 11.5 Å². The van der Waals surface area contributed by atoms with Crippen molar-refractivity contribution in [2.75, 3.05) is 26.4 Å². The Hall–Kier alpha value is -0.650. The summed E-state index contributed by atoms with van der Waals surface area (Å²) in [4.78, 5) is 11.8. The number of hydrogen-bond donors (Lipinski definition) is 2. The summed E-state index contributed by atoms with van der Waals surface area (Å²) in [5.74, 6) is -0.0216. The van der Waals surface area contributed by atoms with Gasteiger partial charge in [0.05, 0.1) is 13.2 Å². The molecule has 5 heteroatoms. The number of carboxylic acid groups (broad SMARTS) is 1. The van der Waals surface area contributed by atoms with Crippen LogP contribution in [0, 0.1) is 11.8 Å². The lowest BCUT2D eigenvalue weighted by molar-refractivity contribution is -0.147. The van der Waals surface area contributed by atoms with Gasteiger partial charge in [-0.1, -0.05) is 6.42 Å². The normalized spacial score (nSPS) is 32.9. The van der Waals surface area contributed by atoms with Crippen molar-refractivity contribution in [1.82, 2.24) is 5.32 Å². The number of ether oxygens (including phenoxy) is 2. The fourth-order valence-electron chi connectivity index (χ4n) is 3.71. The van der Waals surface area contributed by atoms with Crippen molar-refractivity contribution in [2.45, 2.75) is 57.5 Å². The summed E-state index contributed by atoms with van der Waals surface area (Å²) >= 11 is 0. The molecule has 122 valence electrons. The molecule has 0 aromatic rings. The SMILES string of the molecule is CC(C)NC1(C(=O)O)CCCC1CCOCC1CCOC1. The van der Waals surface area contributed by atoms with Gasteiger partial charge in [0.2, 0.25) is 0 Å². The lowest BCUT2D eigenvalue weighted by atomic mass is 9.84. The molecule has 3 unspecified atom stereocenters. The lowest BCUT2D eigenvalue weighted by Crippen LogP contribution is -2.57. The Morgan fingerprint density at radius 1 is 1.48 bits per heavy atom. The molecular weight excluding hydrogens is 270 g/mol. The van der Waals surface area contributed by atoms with Gasteiger partial charge in [-0.2, -0.15) is 0 Å². The second-order valence-corrected chi connectivity index (χ2v) is 6.76. The van der Waals surface area contributed by atoms with Gasteiger partial charge in [0, 0.05) is 25.2 Å². The van der Waals surface area contributed by atoms with Crippen LogP contribution < -0.4 is 5.32 Å². The van der Waals surface area contributed by atoms with Gasteiger partial charge in [0.15, 0.2) is 0 Å². The van der Waals surface area contributed by atoms with Crippen molar-refractivity contribution in [3.8, 4) is 0 Å². The van der Waals surface area contributed by atoms with Gasteiger partial charge in [-0.25, -0.2) is 0 Å². The second-order valence-electron chi connectivity index (χ2n) is 6.76. The fourth-order valence-corrected chi connectivity index (χ4v) is 3.71. The van der Waals surface area contributed by atoms with Crippen LogP contribution in [0.5, 0.6) is 0 Å². The third-order valence-electron chi connectivity index (χ3n) is 4.74. The summed E-state index contributed by atoms with van der Waals surface area (Å²) < 4.78 is 11.1. The molecule has 0 amide bonds. The van der Waals surface area contributed by atoms with E-state index in [-0.39, 0.29) is 12.0 Å². The number of carboxylic acids is 1. The monoisotopic (exact) mass is 299 g/mol. The first-order chi connectivity index (χ1) is 10.0. The molecule has 0 bridgehead atoms. The van der Waals surface area contributed by atoms with E-state index in [1.54, 1.807) is 0 Å². The molecule has 1 saturated heterocycles. The Bertz CT molecular complexity index is 341. The van der Waals surface area contributed by atoms with Gasteiger partial charge in [-0.15, -0.1) is 0 Å². The highest BCUT2D eigenvalue weighted by atomic mass is 16.5. The Morgan fingerprint density at radius 2 is 2.29 bits per heavy atom. The minimum atomic E-state index is -0.756. The van der Waals surface area contributed by atoms with Crippen molar-refractivity contribution < 1.29 is 19.4 Å². The van der Waals surface area contributed by atoms with Crippen molar-refractivity contribution >= 4 is 5.97 Å². The predicted molar refractivity (Wildman–Crippen MR) is 80.3 cm³/mol. The molecule has 1 aliphatic carbocycles. The molecule has 0 spiro atoms. The highest BCUT2D eigenvalue weighted by Crippen LogP contribution is 2.38. The van der Waals surface area contributed by atoms with E-state index in [1.807, 2.05) is 13.8 Å². The minimum Gasteiger partial charge on any atom is -0.480 e. The Labute approximate surface area is 127 Å². The smallest absolute Gasteiger partial charge is 0.324 e. The number of rotatable bonds is 8. The average Bonchev–Trinajstić information content (AvgIpc) is 3.04. The zero-order valence-corrected chi connectivity index (χ0v) is 13.3. The summed E-state index contributed by atoms with van der Waals surface area (Å²) in [6.07, 6.45) is 4.58. The highest BCUT2D eigenvalue weighted by Gasteiger charge is 2.48. The topological polar surface area (TPSA) is 67.8 Å². The summed E-state index contributed by atoms with van der Waals surface area (Å²) in [5, 5.41) is 13.0. The second kappa shape index (κ2) is 7.56. The first-order valence-electron chi connectivity index (χ1n) is 8.21.